The Morgan fingerprint density at radius 3 is 2.75 bits per heavy atom. The first-order chi connectivity index (χ1) is 9.80. The van der Waals surface area contributed by atoms with Crippen molar-refractivity contribution in [3.8, 4) is 17.5 Å². The molecule has 0 aliphatic rings. The van der Waals surface area contributed by atoms with Crippen LogP contribution in [0.1, 0.15) is 12.8 Å². The van der Waals surface area contributed by atoms with Crippen LogP contribution in [-0.4, -0.2) is 22.9 Å². The van der Waals surface area contributed by atoms with Crippen LogP contribution >= 0.6 is 11.8 Å². The molecular weight excluding hydrogens is 272 g/mol. The molecule has 1 aromatic heterocycles. The van der Waals surface area contributed by atoms with Crippen LogP contribution < -0.4 is 5.32 Å². The fraction of sp³-hybridized carbons (Fsp3) is 0.214. The van der Waals surface area contributed by atoms with Crippen LogP contribution in [0.25, 0.3) is 17.0 Å². The van der Waals surface area contributed by atoms with Crippen molar-refractivity contribution in [1.29, 1.82) is 5.26 Å². The largest absolute Gasteiger partial charge is 0.379 e. The maximum Gasteiger partial charge on any atom is 0.271 e. The summed E-state index contributed by atoms with van der Waals surface area (Å²) in [4.78, 5) is 4.29. The summed E-state index contributed by atoms with van der Waals surface area (Å²) < 4.78 is 5.21. The monoisotopic (exact) mass is 286 g/mol. The highest BCUT2D eigenvalue weighted by atomic mass is 32.2. The van der Waals surface area contributed by atoms with Gasteiger partial charge in [-0.2, -0.15) is 10.2 Å². The summed E-state index contributed by atoms with van der Waals surface area (Å²) >= 11 is 1.45. The van der Waals surface area contributed by atoms with Crippen LogP contribution in [0.4, 0.5) is 0 Å². The van der Waals surface area contributed by atoms with Crippen molar-refractivity contribution in [1.82, 2.24) is 15.5 Å². The zero-order valence-corrected chi connectivity index (χ0v) is 12.1. The summed E-state index contributed by atoms with van der Waals surface area (Å²) in [5, 5.41) is 17.1. The van der Waals surface area contributed by atoms with Gasteiger partial charge in [-0.05, 0) is 13.2 Å². The van der Waals surface area contributed by atoms with E-state index in [4.69, 9.17) is 4.52 Å². The van der Waals surface area contributed by atoms with Gasteiger partial charge in [0.1, 0.15) is 11.6 Å². The minimum atomic E-state index is 0.233. The topological polar surface area (TPSA) is 74.7 Å². The van der Waals surface area contributed by atoms with E-state index in [1.165, 1.54) is 11.8 Å². The highest BCUT2D eigenvalue weighted by molar-refractivity contribution is 8.02. The van der Waals surface area contributed by atoms with Gasteiger partial charge in [-0.15, -0.1) is 11.8 Å². The lowest BCUT2D eigenvalue weighted by Gasteiger charge is -2.05. The van der Waals surface area contributed by atoms with E-state index in [1.807, 2.05) is 43.5 Å². The Kier molecular flexibility index (Phi) is 4.80. The molecule has 0 aliphatic heterocycles. The van der Waals surface area contributed by atoms with E-state index in [2.05, 4.69) is 21.5 Å². The molecule has 0 aliphatic carbocycles. The molecule has 20 heavy (non-hydrogen) atoms. The maximum absolute atomic E-state index is 9.30. The third-order valence-corrected chi connectivity index (χ3v) is 3.31. The normalized spacial score (nSPS) is 11.7. The summed E-state index contributed by atoms with van der Waals surface area (Å²) in [6, 6.07) is 11.6. The lowest BCUT2D eigenvalue weighted by molar-refractivity contribution is 0.409. The van der Waals surface area contributed by atoms with Gasteiger partial charge < -0.3 is 9.84 Å². The van der Waals surface area contributed by atoms with E-state index in [-0.39, 0.29) is 5.89 Å². The molecule has 0 atom stereocenters. The van der Waals surface area contributed by atoms with Crippen LogP contribution in [0.3, 0.4) is 0 Å². The molecule has 2 rings (SSSR count). The number of rotatable bonds is 5. The molecule has 2 aromatic rings. The van der Waals surface area contributed by atoms with E-state index in [0.717, 1.165) is 17.1 Å². The predicted molar refractivity (Wildman–Crippen MR) is 79.5 cm³/mol. The molecule has 0 fully saturated rings. The van der Waals surface area contributed by atoms with Gasteiger partial charge in [0.2, 0.25) is 5.82 Å². The Hall–Kier alpha value is -2.26. The number of nitrogens with one attached hydrogen (secondary N) is 1. The van der Waals surface area contributed by atoms with Crippen LogP contribution in [0, 0.1) is 11.3 Å². The maximum atomic E-state index is 9.30. The smallest absolute Gasteiger partial charge is 0.271 e. The predicted octanol–water partition coefficient (Wildman–Crippen LogP) is 2.90. The Morgan fingerprint density at radius 2 is 2.15 bits per heavy atom. The summed E-state index contributed by atoms with van der Waals surface area (Å²) in [7, 11) is 0. The van der Waals surface area contributed by atoms with Crippen LogP contribution in [0.15, 0.2) is 39.9 Å². The molecule has 1 heterocycles. The average Bonchev–Trinajstić information content (AvgIpc) is 2.97. The molecule has 0 radical (unpaired) electrons. The molecule has 6 heteroatoms. The second-order valence-electron chi connectivity index (χ2n) is 3.84. The number of nitriles is 1. The zero-order valence-electron chi connectivity index (χ0n) is 11.3. The van der Waals surface area contributed by atoms with Gasteiger partial charge in [0.05, 0.1) is 5.03 Å². The number of hydrogen-bond acceptors (Lipinski definition) is 6. The quantitative estimate of drug-likeness (QED) is 0.852. The highest BCUT2D eigenvalue weighted by Crippen LogP contribution is 2.24. The van der Waals surface area contributed by atoms with Crippen molar-refractivity contribution in [2.24, 2.45) is 0 Å². The zero-order chi connectivity index (χ0) is 14.4. The van der Waals surface area contributed by atoms with E-state index in [0.29, 0.717) is 11.4 Å². The van der Waals surface area contributed by atoms with E-state index in [1.54, 1.807) is 0 Å². The standard InChI is InChI=1S/C14H14N4OS/c1-3-16-14(20-2)11(9-15)13-17-12(18-19-13)10-7-5-4-6-8-10/h4-8,16H,3H2,1-2H3/b14-11-. The summed E-state index contributed by atoms with van der Waals surface area (Å²) in [6.07, 6.45) is 1.89. The average molecular weight is 286 g/mol. The van der Waals surface area contributed by atoms with Gasteiger partial charge in [0, 0.05) is 12.1 Å². The lowest BCUT2D eigenvalue weighted by atomic mass is 10.2. The van der Waals surface area contributed by atoms with Crippen molar-refractivity contribution < 1.29 is 4.52 Å². The van der Waals surface area contributed by atoms with Crippen LogP contribution in [-0.2, 0) is 0 Å². The lowest BCUT2D eigenvalue weighted by Crippen LogP contribution is -2.11. The number of thioether (sulfide) groups is 1. The van der Waals surface area contributed by atoms with Gasteiger partial charge in [-0.1, -0.05) is 35.5 Å². The van der Waals surface area contributed by atoms with Crippen molar-refractivity contribution in [2.45, 2.75) is 6.92 Å². The first-order valence-corrected chi connectivity index (χ1v) is 7.34. The molecule has 102 valence electrons. The number of aromatic nitrogens is 2. The van der Waals surface area contributed by atoms with Crippen molar-refractivity contribution in [2.75, 3.05) is 12.8 Å². The molecule has 5 nitrogen and oxygen atoms in total. The molecule has 1 N–H and O–H groups in total. The Bertz CT molecular complexity index is 643. The highest BCUT2D eigenvalue weighted by Gasteiger charge is 2.16. The van der Waals surface area contributed by atoms with E-state index < -0.39 is 0 Å². The minimum absolute atomic E-state index is 0.233. The second-order valence-corrected chi connectivity index (χ2v) is 4.66. The molecule has 0 amide bonds. The number of allylic oxidation sites excluding steroid dienone is 1. The summed E-state index contributed by atoms with van der Waals surface area (Å²) in [6.45, 7) is 2.69. The molecule has 1 aromatic carbocycles. The molecule has 0 saturated carbocycles. The summed E-state index contributed by atoms with van der Waals surface area (Å²) in [5.41, 5.74) is 1.22. The number of hydrogen-bond donors (Lipinski definition) is 1. The molecule has 0 spiro atoms. The summed E-state index contributed by atoms with van der Waals surface area (Å²) in [5.74, 6) is 0.710. The number of benzene rings is 1. The van der Waals surface area contributed by atoms with Crippen molar-refractivity contribution in [3.05, 3.63) is 41.3 Å². The Labute approximate surface area is 121 Å². The van der Waals surface area contributed by atoms with Crippen LogP contribution in [0.2, 0.25) is 0 Å². The Balaban J connectivity index is 2.39. The van der Waals surface area contributed by atoms with Gasteiger partial charge >= 0.3 is 0 Å². The first-order valence-electron chi connectivity index (χ1n) is 6.11. The van der Waals surface area contributed by atoms with Crippen molar-refractivity contribution in [3.63, 3.8) is 0 Å². The molecule has 0 unspecified atom stereocenters. The SMILES string of the molecule is CCN/C(SC)=C(\C#N)c1nc(-c2ccccc2)no1. The number of nitrogens with zero attached hydrogens (tertiary/aromatic N) is 3. The van der Waals surface area contributed by atoms with Gasteiger partial charge in [-0.3, -0.25) is 0 Å². The molecule has 0 bridgehead atoms. The Morgan fingerprint density at radius 1 is 1.40 bits per heavy atom. The van der Waals surface area contributed by atoms with E-state index in [9.17, 15) is 5.26 Å². The third-order valence-electron chi connectivity index (χ3n) is 2.55. The molecular formula is C14H14N4OS. The minimum Gasteiger partial charge on any atom is -0.379 e. The van der Waals surface area contributed by atoms with E-state index >= 15 is 0 Å². The van der Waals surface area contributed by atoms with Gasteiger partial charge in [0.25, 0.3) is 5.89 Å². The third kappa shape index (κ3) is 3.00. The second kappa shape index (κ2) is 6.78. The van der Waals surface area contributed by atoms with Crippen molar-refractivity contribution >= 4 is 17.3 Å². The molecule has 0 saturated heterocycles. The van der Waals surface area contributed by atoms with Gasteiger partial charge in [0.15, 0.2) is 0 Å². The van der Waals surface area contributed by atoms with Crippen LogP contribution in [0.5, 0.6) is 0 Å². The fourth-order valence-electron chi connectivity index (χ4n) is 1.65. The van der Waals surface area contributed by atoms with Gasteiger partial charge in [-0.25, -0.2) is 0 Å². The fourth-order valence-corrected chi connectivity index (χ4v) is 2.27. The first kappa shape index (κ1) is 14.2.